The van der Waals surface area contributed by atoms with Gasteiger partial charge < -0.3 is 15.7 Å². The highest BCUT2D eigenvalue weighted by Crippen LogP contribution is 2.43. The number of hydrogen-bond acceptors (Lipinski definition) is 3. The second-order valence-electron chi connectivity index (χ2n) is 4.28. The number of carbonyl (C=O) groups is 1. The van der Waals surface area contributed by atoms with Gasteiger partial charge in [-0.15, -0.1) is 11.6 Å². The second-order valence-corrected chi connectivity index (χ2v) is 5.01. The molecule has 4 nitrogen and oxygen atoms in total. The summed E-state index contributed by atoms with van der Waals surface area (Å²) in [6.45, 7) is 2.61. The fourth-order valence-corrected chi connectivity index (χ4v) is 2.37. The van der Waals surface area contributed by atoms with Crippen molar-refractivity contribution in [3.63, 3.8) is 0 Å². The van der Waals surface area contributed by atoms with Crippen molar-refractivity contribution in [3.8, 4) is 5.75 Å². The van der Waals surface area contributed by atoms with Crippen LogP contribution in [0.2, 0.25) is 0 Å². The minimum Gasteiger partial charge on any atom is -0.508 e. The number of alkyl halides is 1. The third-order valence-electron chi connectivity index (χ3n) is 2.94. The Hall–Kier alpha value is -1.42. The molecular weight excluding hydrogens is 240 g/mol. The van der Waals surface area contributed by atoms with Crippen LogP contribution in [0.25, 0.3) is 0 Å². The van der Waals surface area contributed by atoms with E-state index in [2.05, 4.69) is 10.6 Å². The van der Waals surface area contributed by atoms with Gasteiger partial charge in [-0.3, -0.25) is 4.79 Å². The van der Waals surface area contributed by atoms with Gasteiger partial charge in [-0.05, 0) is 24.6 Å². The van der Waals surface area contributed by atoms with Gasteiger partial charge in [0, 0.05) is 31.3 Å². The zero-order chi connectivity index (χ0) is 12.5. The van der Waals surface area contributed by atoms with Gasteiger partial charge in [0.1, 0.15) is 5.75 Å². The minimum absolute atomic E-state index is 0.0626. The van der Waals surface area contributed by atoms with Gasteiger partial charge in [-0.25, -0.2) is 0 Å². The first-order chi connectivity index (χ1) is 8.01. The second kappa shape index (κ2) is 4.45. The summed E-state index contributed by atoms with van der Waals surface area (Å²) in [4.78, 5) is 10.3. The van der Waals surface area contributed by atoms with Crippen LogP contribution in [-0.2, 0) is 9.67 Å². The monoisotopic (exact) mass is 254 g/mol. The molecule has 5 heteroatoms. The molecule has 0 spiro atoms. The number of anilines is 1. The smallest absolute Gasteiger partial charge is 0.216 e. The molecule has 0 aromatic heterocycles. The average molecular weight is 255 g/mol. The molecule has 1 aliphatic heterocycles. The van der Waals surface area contributed by atoms with E-state index in [4.69, 9.17) is 11.6 Å². The highest BCUT2D eigenvalue weighted by molar-refractivity contribution is 6.25. The Bertz CT molecular complexity index is 450. The Morgan fingerprint density at radius 3 is 3.12 bits per heavy atom. The fourth-order valence-electron chi connectivity index (χ4n) is 2.05. The summed E-state index contributed by atoms with van der Waals surface area (Å²) in [5, 5.41) is 15.4. The van der Waals surface area contributed by atoms with Gasteiger partial charge in [-0.1, -0.05) is 0 Å². The number of fused-ring (bicyclic) bond motifs is 1. The molecule has 0 saturated carbocycles. The number of phenolic OH excluding ortho intramolecular Hbond substituents is 1. The number of benzene rings is 1. The van der Waals surface area contributed by atoms with Crippen LogP contribution in [0.1, 0.15) is 18.9 Å². The lowest BCUT2D eigenvalue weighted by molar-refractivity contribution is -0.118. The van der Waals surface area contributed by atoms with E-state index in [9.17, 15) is 9.90 Å². The molecule has 1 amide bonds. The van der Waals surface area contributed by atoms with E-state index in [0.29, 0.717) is 19.5 Å². The maximum absolute atomic E-state index is 10.8. The Labute approximate surface area is 105 Å². The molecule has 1 aromatic carbocycles. The largest absolute Gasteiger partial charge is 0.508 e. The van der Waals surface area contributed by atoms with Gasteiger partial charge in [0.15, 0.2) is 0 Å². The van der Waals surface area contributed by atoms with E-state index in [1.165, 1.54) is 6.92 Å². The lowest BCUT2D eigenvalue weighted by atomic mass is 9.96. The molecule has 2 rings (SSSR count). The number of amides is 1. The number of hydrogen-bond donors (Lipinski definition) is 3. The molecule has 1 aromatic rings. The van der Waals surface area contributed by atoms with E-state index in [1.807, 2.05) is 6.07 Å². The Balaban J connectivity index is 2.13. The SMILES string of the molecule is CC(=O)NCCC1(Cl)CNc2ccc(O)cc21. The summed E-state index contributed by atoms with van der Waals surface area (Å²) >= 11 is 6.53. The number of carbonyl (C=O) groups excluding carboxylic acids is 1. The first-order valence-electron chi connectivity index (χ1n) is 5.52. The third kappa shape index (κ3) is 2.47. The average Bonchev–Trinajstić information content (AvgIpc) is 2.56. The van der Waals surface area contributed by atoms with Crippen molar-refractivity contribution >= 4 is 23.2 Å². The lowest BCUT2D eigenvalue weighted by Crippen LogP contribution is -2.29. The van der Waals surface area contributed by atoms with Crippen LogP contribution in [0, 0.1) is 0 Å². The molecule has 0 bridgehead atoms. The zero-order valence-electron chi connectivity index (χ0n) is 9.59. The molecule has 1 atom stereocenters. The van der Waals surface area contributed by atoms with Gasteiger partial charge in [0.2, 0.25) is 5.91 Å². The third-order valence-corrected chi connectivity index (χ3v) is 3.47. The molecule has 0 radical (unpaired) electrons. The molecule has 1 heterocycles. The summed E-state index contributed by atoms with van der Waals surface area (Å²) in [6.07, 6.45) is 0.623. The molecule has 0 saturated heterocycles. The Morgan fingerprint density at radius 2 is 2.41 bits per heavy atom. The Morgan fingerprint density at radius 1 is 1.65 bits per heavy atom. The number of rotatable bonds is 3. The summed E-state index contributed by atoms with van der Waals surface area (Å²) in [7, 11) is 0. The zero-order valence-corrected chi connectivity index (χ0v) is 10.3. The van der Waals surface area contributed by atoms with E-state index in [1.54, 1.807) is 12.1 Å². The van der Waals surface area contributed by atoms with Crippen LogP contribution in [0.3, 0.4) is 0 Å². The van der Waals surface area contributed by atoms with Crippen molar-refractivity contribution in [3.05, 3.63) is 23.8 Å². The maximum Gasteiger partial charge on any atom is 0.216 e. The van der Waals surface area contributed by atoms with Crippen molar-refractivity contribution in [2.24, 2.45) is 0 Å². The van der Waals surface area contributed by atoms with E-state index in [-0.39, 0.29) is 11.7 Å². The molecule has 1 aliphatic rings. The quantitative estimate of drug-likeness (QED) is 0.569. The molecule has 92 valence electrons. The van der Waals surface area contributed by atoms with E-state index in [0.717, 1.165) is 11.3 Å². The van der Waals surface area contributed by atoms with Gasteiger partial charge in [0.25, 0.3) is 0 Å². The summed E-state index contributed by atoms with van der Waals surface area (Å²) in [5.74, 6) is 0.143. The van der Waals surface area contributed by atoms with Gasteiger partial charge in [0.05, 0.1) is 4.87 Å². The number of nitrogens with one attached hydrogen (secondary N) is 2. The topological polar surface area (TPSA) is 61.4 Å². The van der Waals surface area contributed by atoms with Crippen LogP contribution in [0.15, 0.2) is 18.2 Å². The summed E-state index contributed by atoms with van der Waals surface area (Å²) in [5.41, 5.74) is 1.84. The fraction of sp³-hybridized carbons (Fsp3) is 0.417. The highest BCUT2D eigenvalue weighted by Gasteiger charge is 2.36. The van der Waals surface area contributed by atoms with Crippen molar-refractivity contribution in [2.75, 3.05) is 18.4 Å². The number of aromatic hydroxyl groups is 1. The van der Waals surface area contributed by atoms with Crippen LogP contribution >= 0.6 is 11.6 Å². The van der Waals surface area contributed by atoms with Crippen molar-refractivity contribution in [1.29, 1.82) is 0 Å². The first kappa shape index (κ1) is 12.0. The molecule has 17 heavy (non-hydrogen) atoms. The first-order valence-corrected chi connectivity index (χ1v) is 5.90. The molecule has 0 aliphatic carbocycles. The van der Waals surface area contributed by atoms with Crippen LogP contribution < -0.4 is 10.6 Å². The Kier molecular flexibility index (Phi) is 3.15. The normalized spacial score (nSPS) is 21.8. The molecule has 1 unspecified atom stereocenters. The van der Waals surface area contributed by atoms with Crippen LogP contribution in [-0.4, -0.2) is 24.1 Å². The molecule has 0 fully saturated rings. The van der Waals surface area contributed by atoms with Crippen molar-refractivity contribution in [2.45, 2.75) is 18.2 Å². The van der Waals surface area contributed by atoms with E-state index < -0.39 is 4.87 Å². The van der Waals surface area contributed by atoms with Gasteiger partial charge >= 0.3 is 0 Å². The summed E-state index contributed by atoms with van der Waals surface area (Å²) in [6, 6.07) is 5.12. The predicted octanol–water partition coefficient (Wildman–Crippen LogP) is 1.78. The molecule has 3 N–H and O–H groups in total. The van der Waals surface area contributed by atoms with Gasteiger partial charge in [-0.2, -0.15) is 0 Å². The maximum atomic E-state index is 10.8. The van der Waals surface area contributed by atoms with Crippen LogP contribution in [0.4, 0.5) is 5.69 Å². The minimum atomic E-state index is -0.559. The number of phenols is 1. The lowest BCUT2D eigenvalue weighted by Gasteiger charge is -2.21. The summed E-state index contributed by atoms with van der Waals surface area (Å²) < 4.78 is 0. The highest BCUT2D eigenvalue weighted by atomic mass is 35.5. The van der Waals surface area contributed by atoms with Crippen LogP contribution in [0.5, 0.6) is 5.75 Å². The molecular formula is C12H15ClN2O2. The predicted molar refractivity (Wildman–Crippen MR) is 67.4 cm³/mol. The number of halogens is 1. The van der Waals surface area contributed by atoms with E-state index >= 15 is 0 Å². The standard InChI is InChI=1S/C12H15ClN2O2/c1-8(16)14-5-4-12(13)7-15-11-3-2-9(17)6-10(11)12/h2-3,6,15,17H,4-5,7H2,1H3,(H,14,16). The van der Waals surface area contributed by atoms with Crippen molar-refractivity contribution < 1.29 is 9.90 Å². The van der Waals surface area contributed by atoms with Crippen molar-refractivity contribution in [1.82, 2.24) is 5.32 Å².